The van der Waals surface area contributed by atoms with Crippen LogP contribution >= 0.6 is 0 Å². The number of rotatable bonds is 6. The summed E-state index contributed by atoms with van der Waals surface area (Å²) in [5, 5.41) is 3.03. The summed E-state index contributed by atoms with van der Waals surface area (Å²) in [6, 6.07) is 5.52. The molecule has 116 valence electrons. The Bertz CT molecular complexity index is 417. The number of nitrogens with one attached hydrogen (secondary N) is 1. The molecule has 0 saturated carbocycles. The third-order valence-corrected chi connectivity index (χ3v) is 3.78. The molecule has 2 heterocycles. The second-order valence-corrected chi connectivity index (χ2v) is 5.52. The number of amides is 1. The Morgan fingerprint density at radius 3 is 2.71 bits per heavy atom. The number of aromatic nitrogens is 1. The van der Waals surface area contributed by atoms with E-state index in [1.165, 1.54) is 25.7 Å². The van der Waals surface area contributed by atoms with Crippen molar-refractivity contribution in [1.82, 2.24) is 15.2 Å². The van der Waals surface area contributed by atoms with Crippen molar-refractivity contribution in [3.05, 3.63) is 30.1 Å². The van der Waals surface area contributed by atoms with Gasteiger partial charge in [-0.15, -0.1) is 0 Å². The molecule has 1 amide bonds. The fourth-order valence-corrected chi connectivity index (χ4v) is 2.69. The number of pyridine rings is 1. The Labute approximate surface area is 126 Å². The van der Waals surface area contributed by atoms with Crippen LogP contribution < -0.4 is 5.32 Å². The van der Waals surface area contributed by atoms with Gasteiger partial charge < -0.3 is 10.1 Å². The molecule has 0 aromatic carbocycles. The number of nitrogens with zero attached hydrogens (tertiary/aromatic N) is 2. The monoisotopic (exact) mass is 291 g/mol. The van der Waals surface area contributed by atoms with Crippen molar-refractivity contribution < 1.29 is 9.53 Å². The maximum atomic E-state index is 12.2. The number of hydrogen-bond acceptors (Lipinski definition) is 4. The van der Waals surface area contributed by atoms with Gasteiger partial charge in [-0.3, -0.25) is 14.7 Å². The average Bonchev–Trinajstić information content (AvgIpc) is 2.76. The summed E-state index contributed by atoms with van der Waals surface area (Å²) >= 11 is 0. The lowest BCUT2D eigenvalue weighted by Gasteiger charge is -2.22. The lowest BCUT2D eigenvalue weighted by Crippen LogP contribution is -2.40. The molecule has 1 N–H and O–H groups in total. The smallest absolute Gasteiger partial charge is 0.234 e. The van der Waals surface area contributed by atoms with Crippen LogP contribution in [0.2, 0.25) is 0 Å². The Kier molecular flexibility index (Phi) is 6.63. The highest BCUT2D eigenvalue weighted by Gasteiger charge is 2.18. The van der Waals surface area contributed by atoms with Crippen LogP contribution in [0.15, 0.2) is 24.4 Å². The Balaban J connectivity index is 1.88. The van der Waals surface area contributed by atoms with Crippen LogP contribution in [0.25, 0.3) is 0 Å². The minimum atomic E-state index is -0.185. The molecule has 5 heteroatoms. The first kappa shape index (κ1) is 15.9. The second-order valence-electron chi connectivity index (χ2n) is 5.52. The summed E-state index contributed by atoms with van der Waals surface area (Å²) in [6.07, 6.45) is 6.67. The SMILES string of the molecule is COC[C@@H](NC(=O)CN1CCCCCC1)c1ccccn1. The number of carbonyl (C=O) groups is 1. The lowest BCUT2D eigenvalue weighted by atomic mass is 10.2. The van der Waals surface area contributed by atoms with Crippen LogP contribution in [0.4, 0.5) is 0 Å². The van der Waals surface area contributed by atoms with E-state index >= 15 is 0 Å². The van der Waals surface area contributed by atoms with Gasteiger partial charge in [0.05, 0.1) is 24.9 Å². The molecule has 0 aliphatic carbocycles. The topological polar surface area (TPSA) is 54.5 Å². The van der Waals surface area contributed by atoms with Gasteiger partial charge in [-0.2, -0.15) is 0 Å². The highest BCUT2D eigenvalue weighted by Crippen LogP contribution is 2.11. The molecule has 1 aliphatic rings. The summed E-state index contributed by atoms with van der Waals surface area (Å²) in [4.78, 5) is 18.8. The maximum absolute atomic E-state index is 12.2. The molecule has 0 radical (unpaired) electrons. The number of methoxy groups -OCH3 is 1. The maximum Gasteiger partial charge on any atom is 0.234 e. The molecule has 1 aromatic rings. The minimum Gasteiger partial charge on any atom is -0.382 e. The van der Waals surface area contributed by atoms with Gasteiger partial charge in [-0.25, -0.2) is 0 Å². The van der Waals surface area contributed by atoms with Crippen molar-refractivity contribution >= 4 is 5.91 Å². The van der Waals surface area contributed by atoms with E-state index in [0.29, 0.717) is 13.2 Å². The van der Waals surface area contributed by atoms with Crippen molar-refractivity contribution in [2.24, 2.45) is 0 Å². The van der Waals surface area contributed by atoms with Gasteiger partial charge in [0.25, 0.3) is 0 Å². The van der Waals surface area contributed by atoms with Crippen LogP contribution in [0.5, 0.6) is 0 Å². The molecule has 0 spiro atoms. The summed E-state index contributed by atoms with van der Waals surface area (Å²) in [6.45, 7) is 2.94. The van der Waals surface area contributed by atoms with E-state index in [-0.39, 0.29) is 11.9 Å². The number of likely N-dealkylation sites (tertiary alicyclic amines) is 1. The third kappa shape index (κ3) is 5.44. The average molecular weight is 291 g/mol. The molecule has 1 fully saturated rings. The quantitative estimate of drug-likeness (QED) is 0.868. The van der Waals surface area contributed by atoms with Gasteiger partial charge in [-0.1, -0.05) is 18.9 Å². The first-order valence-corrected chi connectivity index (χ1v) is 7.71. The zero-order chi connectivity index (χ0) is 14.9. The first-order chi connectivity index (χ1) is 10.3. The molecule has 2 rings (SSSR count). The normalized spacial score (nSPS) is 18.0. The molecule has 1 aromatic heterocycles. The van der Waals surface area contributed by atoms with E-state index < -0.39 is 0 Å². The zero-order valence-corrected chi connectivity index (χ0v) is 12.8. The molecular formula is C16H25N3O2. The molecule has 1 atom stereocenters. The second kappa shape index (κ2) is 8.74. The molecular weight excluding hydrogens is 266 g/mol. The van der Waals surface area contributed by atoms with Crippen LogP contribution in [-0.4, -0.2) is 49.1 Å². The summed E-state index contributed by atoms with van der Waals surface area (Å²) in [5.41, 5.74) is 0.837. The predicted molar refractivity (Wildman–Crippen MR) is 81.9 cm³/mol. The highest BCUT2D eigenvalue weighted by molar-refractivity contribution is 5.78. The largest absolute Gasteiger partial charge is 0.382 e. The van der Waals surface area contributed by atoms with Crippen molar-refractivity contribution in [1.29, 1.82) is 0 Å². The molecule has 21 heavy (non-hydrogen) atoms. The van der Waals surface area contributed by atoms with Crippen LogP contribution in [0.3, 0.4) is 0 Å². The van der Waals surface area contributed by atoms with E-state index in [2.05, 4.69) is 15.2 Å². The Morgan fingerprint density at radius 1 is 1.33 bits per heavy atom. The van der Waals surface area contributed by atoms with E-state index in [1.54, 1.807) is 13.3 Å². The van der Waals surface area contributed by atoms with E-state index in [4.69, 9.17) is 4.74 Å². The van der Waals surface area contributed by atoms with Crippen LogP contribution in [0, 0.1) is 0 Å². The predicted octanol–water partition coefficient (Wildman–Crippen LogP) is 1.76. The van der Waals surface area contributed by atoms with E-state index in [0.717, 1.165) is 18.8 Å². The number of carbonyl (C=O) groups excluding carboxylic acids is 1. The standard InChI is InChI=1S/C16H25N3O2/c1-21-13-15(14-8-4-5-9-17-14)18-16(20)12-19-10-6-2-3-7-11-19/h4-5,8-9,15H,2-3,6-7,10-13H2,1H3,(H,18,20)/t15-/m1/s1. The minimum absolute atomic E-state index is 0.0459. The van der Waals surface area contributed by atoms with Gasteiger partial charge in [-0.05, 0) is 38.1 Å². The number of hydrogen-bond donors (Lipinski definition) is 1. The number of ether oxygens (including phenoxy) is 1. The Hall–Kier alpha value is -1.46. The summed E-state index contributed by atoms with van der Waals surface area (Å²) in [7, 11) is 1.64. The van der Waals surface area contributed by atoms with Crippen molar-refractivity contribution in [2.45, 2.75) is 31.7 Å². The van der Waals surface area contributed by atoms with Gasteiger partial charge in [0, 0.05) is 13.3 Å². The van der Waals surface area contributed by atoms with Gasteiger partial charge in [0.1, 0.15) is 0 Å². The Morgan fingerprint density at radius 2 is 2.10 bits per heavy atom. The van der Waals surface area contributed by atoms with Gasteiger partial charge in [0.15, 0.2) is 0 Å². The molecule has 1 saturated heterocycles. The van der Waals surface area contributed by atoms with E-state index in [1.807, 2.05) is 18.2 Å². The lowest BCUT2D eigenvalue weighted by molar-refractivity contribution is -0.123. The van der Waals surface area contributed by atoms with Crippen molar-refractivity contribution in [3.63, 3.8) is 0 Å². The molecule has 0 unspecified atom stereocenters. The first-order valence-electron chi connectivity index (χ1n) is 7.71. The molecule has 0 bridgehead atoms. The highest BCUT2D eigenvalue weighted by atomic mass is 16.5. The van der Waals surface area contributed by atoms with Crippen molar-refractivity contribution in [2.75, 3.05) is 33.4 Å². The fraction of sp³-hybridized carbons (Fsp3) is 0.625. The zero-order valence-electron chi connectivity index (χ0n) is 12.8. The molecule has 1 aliphatic heterocycles. The van der Waals surface area contributed by atoms with Crippen molar-refractivity contribution in [3.8, 4) is 0 Å². The third-order valence-electron chi connectivity index (χ3n) is 3.78. The van der Waals surface area contributed by atoms with Crippen LogP contribution in [0.1, 0.15) is 37.4 Å². The van der Waals surface area contributed by atoms with Gasteiger partial charge in [0.2, 0.25) is 5.91 Å². The van der Waals surface area contributed by atoms with E-state index in [9.17, 15) is 4.79 Å². The fourth-order valence-electron chi connectivity index (χ4n) is 2.69. The summed E-state index contributed by atoms with van der Waals surface area (Å²) in [5.74, 6) is 0.0459. The van der Waals surface area contributed by atoms with Gasteiger partial charge >= 0.3 is 0 Å². The molecule has 5 nitrogen and oxygen atoms in total. The summed E-state index contributed by atoms with van der Waals surface area (Å²) < 4.78 is 5.20. The van der Waals surface area contributed by atoms with Crippen LogP contribution in [-0.2, 0) is 9.53 Å².